The Morgan fingerprint density at radius 3 is 2.46 bits per heavy atom. The third-order valence-corrected chi connectivity index (χ3v) is 5.72. The SMILES string of the molecule is CCC(C)(C)c1cc(I)c(OC(C)OCC2COC(=O)O2)c(I)c1. The standard InChI is InChI=1S/C17H22I2O5/c1-5-17(3,4)11-6-13(18)15(14(19)7-11)23-10(2)21-8-12-9-22-16(20)24-12/h6-7,10,12H,5,8-9H2,1-4H3. The van der Waals surface area contributed by atoms with Crippen molar-refractivity contribution < 1.29 is 23.7 Å². The molecule has 0 N–H and O–H groups in total. The van der Waals surface area contributed by atoms with E-state index in [9.17, 15) is 4.79 Å². The van der Waals surface area contributed by atoms with E-state index in [1.807, 2.05) is 6.92 Å². The van der Waals surface area contributed by atoms with Gasteiger partial charge in [-0.25, -0.2) is 4.79 Å². The molecule has 1 aromatic carbocycles. The number of halogens is 2. The minimum Gasteiger partial charge on any atom is -0.463 e. The van der Waals surface area contributed by atoms with Crippen LogP contribution in [0.5, 0.6) is 5.75 Å². The highest BCUT2D eigenvalue weighted by Crippen LogP contribution is 2.35. The van der Waals surface area contributed by atoms with E-state index >= 15 is 0 Å². The van der Waals surface area contributed by atoms with E-state index in [1.165, 1.54) is 5.56 Å². The lowest BCUT2D eigenvalue weighted by Gasteiger charge is -2.25. The second-order valence-corrected chi connectivity index (χ2v) is 8.65. The van der Waals surface area contributed by atoms with Crippen molar-refractivity contribution in [3.63, 3.8) is 0 Å². The Kier molecular flexibility index (Phi) is 7.00. The van der Waals surface area contributed by atoms with Crippen molar-refractivity contribution in [2.75, 3.05) is 13.2 Å². The minimum atomic E-state index is -0.643. The summed E-state index contributed by atoms with van der Waals surface area (Å²) in [5.41, 5.74) is 1.43. The summed E-state index contributed by atoms with van der Waals surface area (Å²) in [5.74, 6) is 0.819. The van der Waals surface area contributed by atoms with Crippen molar-refractivity contribution in [3.8, 4) is 5.75 Å². The summed E-state index contributed by atoms with van der Waals surface area (Å²) in [6.07, 6.45) is -0.387. The summed E-state index contributed by atoms with van der Waals surface area (Å²) < 4.78 is 23.3. The van der Waals surface area contributed by atoms with Crippen LogP contribution in [0.1, 0.15) is 39.7 Å². The first-order valence-corrected chi connectivity index (χ1v) is 10.00. The Morgan fingerprint density at radius 2 is 1.96 bits per heavy atom. The van der Waals surface area contributed by atoms with Crippen LogP contribution in [0.3, 0.4) is 0 Å². The molecule has 24 heavy (non-hydrogen) atoms. The van der Waals surface area contributed by atoms with Crippen LogP contribution >= 0.6 is 45.2 Å². The normalized spacial score (nSPS) is 18.9. The Balaban J connectivity index is 2.00. The summed E-state index contributed by atoms with van der Waals surface area (Å²) in [6.45, 7) is 8.98. The molecule has 0 aliphatic carbocycles. The first-order valence-electron chi connectivity index (χ1n) is 7.84. The third kappa shape index (κ3) is 5.10. The number of hydrogen-bond donors (Lipinski definition) is 0. The number of hydrogen-bond acceptors (Lipinski definition) is 5. The van der Waals surface area contributed by atoms with Gasteiger partial charge in [0, 0.05) is 0 Å². The number of benzene rings is 1. The summed E-state index contributed by atoms with van der Waals surface area (Å²) in [6, 6.07) is 4.34. The van der Waals surface area contributed by atoms with Crippen LogP contribution < -0.4 is 4.74 Å². The van der Waals surface area contributed by atoms with E-state index in [0.717, 1.165) is 19.3 Å². The van der Waals surface area contributed by atoms with Gasteiger partial charge in [-0.05, 0) is 81.6 Å². The summed E-state index contributed by atoms with van der Waals surface area (Å²) in [7, 11) is 0. The highest BCUT2D eigenvalue weighted by atomic mass is 127. The molecule has 2 rings (SSSR count). The maximum absolute atomic E-state index is 10.9. The van der Waals surface area contributed by atoms with Gasteiger partial charge in [-0.2, -0.15) is 0 Å². The van der Waals surface area contributed by atoms with Gasteiger partial charge in [-0.3, -0.25) is 0 Å². The Hall–Kier alpha value is -0.290. The van der Waals surface area contributed by atoms with Gasteiger partial charge in [-0.1, -0.05) is 20.8 Å². The molecule has 5 nitrogen and oxygen atoms in total. The third-order valence-electron chi connectivity index (χ3n) is 4.11. The fraction of sp³-hybridized carbons (Fsp3) is 0.588. The molecule has 1 heterocycles. The zero-order chi connectivity index (χ0) is 17.9. The van der Waals surface area contributed by atoms with E-state index < -0.39 is 12.4 Å². The van der Waals surface area contributed by atoms with E-state index in [2.05, 4.69) is 78.1 Å². The van der Waals surface area contributed by atoms with Crippen molar-refractivity contribution in [2.45, 2.75) is 51.9 Å². The largest absolute Gasteiger partial charge is 0.508 e. The van der Waals surface area contributed by atoms with Gasteiger partial charge in [0.05, 0.1) is 13.7 Å². The average Bonchev–Trinajstić information content (AvgIpc) is 2.94. The van der Waals surface area contributed by atoms with Gasteiger partial charge in [0.15, 0.2) is 12.4 Å². The Bertz CT molecular complexity index is 580. The van der Waals surface area contributed by atoms with Gasteiger partial charge in [0.2, 0.25) is 0 Å². The number of carbonyl (C=O) groups is 1. The van der Waals surface area contributed by atoms with Crippen molar-refractivity contribution in [2.24, 2.45) is 0 Å². The average molecular weight is 560 g/mol. The van der Waals surface area contributed by atoms with Crippen LogP contribution in [0.15, 0.2) is 12.1 Å². The highest BCUT2D eigenvalue weighted by Gasteiger charge is 2.26. The molecule has 2 atom stereocenters. The molecule has 0 aromatic heterocycles. The molecule has 2 unspecified atom stereocenters. The smallest absolute Gasteiger partial charge is 0.463 e. The molecule has 0 spiro atoms. The molecule has 1 aliphatic heterocycles. The van der Waals surface area contributed by atoms with E-state index in [1.54, 1.807) is 0 Å². The number of cyclic esters (lactones) is 2. The van der Waals surface area contributed by atoms with E-state index in [4.69, 9.17) is 18.9 Å². The maximum atomic E-state index is 10.9. The van der Waals surface area contributed by atoms with Crippen LogP contribution in [0, 0.1) is 7.14 Å². The lowest BCUT2D eigenvalue weighted by atomic mass is 9.82. The molecule has 1 aliphatic rings. The lowest BCUT2D eigenvalue weighted by molar-refractivity contribution is -0.0896. The van der Waals surface area contributed by atoms with Crippen molar-refractivity contribution in [1.29, 1.82) is 0 Å². The molecular weight excluding hydrogens is 538 g/mol. The monoisotopic (exact) mass is 560 g/mol. The molecule has 134 valence electrons. The van der Waals surface area contributed by atoms with Crippen LogP contribution in [0.25, 0.3) is 0 Å². The zero-order valence-corrected chi connectivity index (χ0v) is 18.5. The Labute approximate surface area is 170 Å². The van der Waals surface area contributed by atoms with Crippen LogP contribution in [-0.2, 0) is 19.6 Å². The fourth-order valence-electron chi connectivity index (χ4n) is 2.16. The molecule has 0 radical (unpaired) electrons. The van der Waals surface area contributed by atoms with Crippen molar-refractivity contribution in [1.82, 2.24) is 0 Å². The maximum Gasteiger partial charge on any atom is 0.508 e. The van der Waals surface area contributed by atoms with E-state index in [0.29, 0.717) is 0 Å². The molecule has 0 amide bonds. The molecular formula is C17H22I2O5. The summed E-state index contributed by atoms with van der Waals surface area (Å²) in [5, 5.41) is 0. The summed E-state index contributed by atoms with van der Waals surface area (Å²) in [4.78, 5) is 10.9. The van der Waals surface area contributed by atoms with Gasteiger partial charge >= 0.3 is 6.16 Å². The quantitative estimate of drug-likeness (QED) is 0.271. The molecule has 0 saturated carbocycles. The van der Waals surface area contributed by atoms with Crippen LogP contribution in [-0.4, -0.2) is 31.8 Å². The molecule has 7 heteroatoms. The first kappa shape index (κ1) is 20.0. The summed E-state index contributed by atoms with van der Waals surface area (Å²) >= 11 is 4.59. The first-order chi connectivity index (χ1) is 11.2. The predicted octanol–water partition coefficient (Wildman–Crippen LogP) is 4.86. The fourth-order valence-corrected chi connectivity index (χ4v) is 4.18. The van der Waals surface area contributed by atoms with Gasteiger partial charge in [-0.15, -0.1) is 0 Å². The zero-order valence-electron chi connectivity index (χ0n) is 14.2. The van der Waals surface area contributed by atoms with E-state index in [-0.39, 0.29) is 24.7 Å². The highest BCUT2D eigenvalue weighted by molar-refractivity contribution is 14.1. The second kappa shape index (κ2) is 8.39. The number of carbonyl (C=O) groups excluding carboxylic acids is 1. The molecule has 1 fully saturated rings. The van der Waals surface area contributed by atoms with Crippen LogP contribution in [0.4, 0.5) is 4.79 Å². The number of ether oxygens (including phenoxy) is 4. The Morgan fingerprint density at radius 1 is 1.33 bits per heavy atom. The van der Waals surface area contributed by atoms with Crippen molar-refractivity contribution in [3.05, 3.63) is 24.8 Å². The topological polar surface area (TPSA) is 54.0 Å². The van der Waals surface area contributed by atoms with Gasteiger partial charge < -0.3 is 18.9 Å². The van der Waals surface area contributed by atoms with Gasteiger partial charge in [0.25, 0.3) is 0 Å². The van der Waals surface area contributed by atoms with Gasteiger partial charge in [0.1, 0.15) is 12.4 Å². The second-order valence-electron chi connectivity index (χ2n) is 6.33. The predicted molar refractivity (Wildman–Crippen MR) is 107 cm³/mol. The number of rotatable bonds is 7. The molecule has 1 aromatic rings. The lowest BCUT2D eigenvalue weighted by Crippen LogP contribution is -2.25. The molecule has 0 bridgehead atoms. The minimum absolute atomic E-state index is 0.132. The van der Waals surface area contributed by atoms with Crippen LogP contribution in [0.2, 0.25) is 0 Å². The molecule has 1 saturated heterocycles. The van der Waals surface area contributed by atoms with Crippen molar-refractivity contribution >= 4 is 51.3 Å².